The van der Waals surface area contributed by atoms with Gasteiger partial charge >= 0.3 is 0 Å². The Morgan fingerprint density at radius 2 is 1.81 bits per heavy atom. The van der Waals surface area contributed by atoms with Crippen molar-refractivity contribution in [3.63, 3.8) is 0 Å². The van der Waals surface area contributed by atoms with E-state index in [4.69, 9.17) is 0 Å². The van der Waals surface area contributed by atoms with Gasteiger partial charge in [0.1, 0.15) is 0 Å². The molecule has 0 aromatic heterocycles. The summed E-state index contributed by atoms with van der Waals surface area (Å²) < 4.78 is 0. The van der Waals surface area contributed by atoms with Gasteiger partial charge < -0.3 is 10.4 Å². The molecule has 1 fully saturated rings. The zero-order valence-electron chi connectivity index (χ0n) is 9.11. The summed E-state index contributed by atoms with van der Waals surface area (Å²) in [5.74, 6) is 0. The molecular weight excluding hydrogens is 198 g/mol. The molecule has 0 atom stereocenters. The molecule has 0 amide bonds. The number of anilines is 1. The van der Waals surface area contributed by atoms with Crippen molar-refractivity contribution in [2.75, 3.05) is 11.9 Å². The smallest absolute Gasteiger partial charge is 0.0661 e. The van der Waals surface area contributed by atoms with E-state index in [9.17, 15) is 5.11 Å². The molecule has 0 unspecified atom stereocenters. The third kappa shape index (κ3) is 1.65. The van der Waals surface area contributed by atoms with Crippen molar-refractivity contribution < 1.29 is 5.11 Å². The minimum Gasteiger partial charge on any atom is -0.394 e. The molecule has 2 heteroatoms. The van der Waals surface area contributed by atoms with Gasteiger partial charge in [0.25, 0.3) is 0 Å². The largest absolute Gasteiger partial charge is 0.394 e. The number of hydrogen-bond donors (Lipinski definition) is 2. The maximum atomic E-state index is 9.27. The summed E-state index contributed by atoms with van der Waals surface area (Å²) in [5.41, 5.74) is 1.06. The van der Waals surface area contributed by atoms with Crippen LogP contribution in [0, 0.1) is 0 Å². The second-order valence-electron chi connectivity index (χ2n) is 4.63. The second kappa shape index (κ2) is 3.49. The highest BCUT2D eigenvalue weighted by atomic mass is 16.3. The van der Waals surface area contributed by atoms with Crippen molar-refractivity contribution in [2.45, 2.75) is 18.4 Å². The Balaban J connectivity index is 1.93. The molecule has 1 aliphatic rings. The van der Waals surface area contributed by atoms with E-state index >= 15 is 0 Å². The summed E-state index contributed by atoms with van der Waals surface area (Å²) in [5, 5.41) is 15.2. The summed E-state index contributed by atoms with van der Waals surface area (Å²) in [6.45, 7) is 0.222. The Kier molecular flexibility index (Phi) is 2.11. The van der Waals surface area contributed by atoms with Gasteiger partial charge in [-0.2, -0.15) is 0 Å². The van der Waals surface area contributed by atoms with Crippen LogP contribution in [-0.4, -0.2) is 17.3 Å². The van der Waals surface area contributed by atoms with Gasteiger partial charge in [0.2, 0.25) is 0 Å². The van der Waals surface area contributed by atoms with Gasteiger partial charge in [0.15, 0.2) is 0 Å². The van der Waals surface area contributed by atoms with E-state index in [1.165, 1.54) is 10.8 Å². The molecule has 2 aromatic carbocycles. The molecule has 1 aliphatic carbocycles. The minimum absolute atomic E-state index is 0.0392. The number of nitrogens with one attached hydrogen (secondary N) is 1. The molecule has 2 aromatic rings. The van der Waals surface area contributed by atoms with Crippen LogP contribution in [0.2, 0.25) is 0 Å². The van der Waals surface area contributed by atoms with Crippen LogP contribution in [0.3, 0.4) is 0 Å². The SMILES string of the molecule is OCC1(Nc2ccc3ccccc3c2)CC1. The van der Waals surface area contributed by atoms with Crippen molar-refractivity contribution in [1.29, 1.82) is 0 Å². The monoisotopic (exact) mass is 213 g/mol. The lowest BCUT2D eigenvalue weighted by molar-refractivity contribution is 0.266. The summed E-state index contributed by atoms with van der Waals surface area (Å²) in [4.78, 5) is 0. The van der Waals surface area contributed by atoms with E-state index in [1.807, 2.05) is 12.1 Å². The molecule has 0 bridgehead atoms. The topological polar surface area (TPSA) is 32.3 Å². The van der Waals surface area contributed by atoms with Gasteiger partial charge in [-0.25, -0.2) is 0 Å². The number of aliphatic hydroxyl groups excluding tert-OH is 1. The van der Waals surface area contributed by atoms with E-state index < -0.39 is 0 Å². The number of aliphatic hydroxyl groups is 1. The standard InChI is InChI=1S/C14H15NO/c16-10-14(7-8-14)15-13-6-5-11-3-1-2-4-12(11)9-13/h1-6,9,15-16H,7-8,10H2. The lowest BCUT2D eigenvalue weighted by Crippen LogP contribution is -2.25. The highest BCUT2D eigenvalue weighted by Gasteiger charge is 2.41. The molecule has 0 aliphatic heterocycles. The fourth-order valence-electron chi connectivity index (χ4n) is 2.05. The molecule has 16 heavy (non-hydrogen) atoms. The molecular formula is C14H15NO. The maximum Gasteiger partial charge on any atom is 0.0661 e. The van der Waals surface area contributed by atoms with E-state index in [0.29, 0.717) is 0 Å². The number of rotatable bonds is 3. The van der Waals surface area contributed by atoms with Gasteiger partial charge in [-0.1, -0.05) is 30.3 Å². The number of benzene rings is 2. The molecule has 0 heterocycles. The third-order valence-corrected chi connectivity index (χ3v) is 3.32. The first-order valence-electron chi connectivity index (χ1n) is 5.69. The Morgan fingerprint density at radius 3 is 2.50 bits per heavy atom. The fraction of sp³-hybridized carbons (Fsp3) is 0.286. The minimum atomic E-state index is -0.0392. The maximum absolute atomic E-state index is 9.27. The first kappa shape index (κ1) is 9.67. The summed E-state index contributed by atoms with van der Waals surface area (Å²) in [7, 11) is 0. The van der Waals surface area contributed by atoms with Crippen LogP contribution < -0.4 is 5.32 Å². The molecule has 2 N–H and O–H groups in total. The molecule has 82 valence electrons. The second-order valence-corrected chi connectivity index (χ2v) is 4.63. The quantitative estimate of drug-likeness (QED) is 0.821. The Hall–Kier alpha value is -1.54. The van der Waals surface area contributed by atoms with Crippen molar-refractivity contribution in [3.05, 3.63) is 42.5 Å². The zero-order chi connectivity index (χ0) is 11.0. The Morgan fingerprint density at radius 1 is 1.06 bits per heavy atom. The van der Waals surface area contributed by atoms with E-state index in [-0.39, 0.29) is 12.1 Å². The van der Waals surface area contributed by atoms with Gasteiger partial charge in [0, 0.05) is 5.69 Å². The van der Waals surface area contributed by atoms with E-state index in [0.717, 1.165) is 18.5 Å². The predicted molar refractivity (Wildman–Crippen MR) is 66.6 cm³/mol. The number of fused-ring (bicyclic) bond motifs is 1. The first-order valence-corrected chi connectivity index (χ1v) is 5.69. The molecule has 0 saturated heterocycles. The van der Waals surface area contributed by atoms with Gasteiger partial charge in [-0.05, 0) is 35.7 Å². The van der Waals surface area contributed by atoms with Crippen molar-refractivity contribution >= 4 is 16.5 Å². The van der Waals surface area contributed by atoms with E-state index in [2.05, 4.69) is 35.6 Å². The zero-order valence-corrected chi connectivity index (χ0v) is 9.11. The van der Waals surface area contributed by atoms with Crippen LogP contribution in [0.25, 0.3) is 10.8 Å². The summed E-state index contributed by atoms with van der Waals surface area (Å²) in [6, 6.07) is 14.7. The molecule has 1 saturated carbocycles. The highest BCUT2D eigenvalue weighted by molar-refractivity contribution is 5.85. The lowest BCUT2D eigenvalue weighted by atomic mass is 10.1. The first-order chi connectivity index (χ1) is 7.81. The Labute approximate surface area is 94.9 Å². The van der Waals surface area contributed by atoms with Crippen LogP contribution in [0.4, 0.5) is 5.69 Å². The van der Waals surface area contributed by atoms with Crippen molar-refractivity contribution in [3.8, 4) is 0 Å². The fourth-order valence-corrected chi connectivity index (χ4v) is 2.05. The lowest BCUT2D eigenvalue weighted by Gasteiger charge is -2.16. The van der Waals surface area contributed by atoms with Gasteiger partial charge in [-0.15, -0.1) is 0 Å². The predicted octanol–water partition coefficient (Wildman–Crippen LogP) is 2.78. The molecule has 0 spiro atoms. The van der Waals surface area contributed by atoms with Crippen LogP contribution in [0.1, 0.15) is 12.8 Å². The van der Waals surface area contributed by atoms with Crippen LogP contribution in [0.15, 0.2) is 42.5 Å². The van der Waals surface area contributed by atoms with Gasteiger partial charge in [0.05, 0.1) is 12.1 Å². The average molecular weight is 213 g/mol. The van der Waals surface area contributed by atoms with Crippen LogP contribution in [-0.2, 0) is 0 Å². The van der Waals surface area contributed by atoms with Crippen molar-refractivity contribution in [2.24, 2.45) is 0 Å². The molecule has 3 rings (SSSR count). The average Bonchev–Trinajstić information content (AvgIpc) is 3.09. The van der Waals surface area contributed by atoms with E-state index in [1.54, 1.807) is 0 Å². The Bertz CT molecular complexity index is 517. The summed E-state index contributed by atoms with van der Waals surface area (Å²) in [6.07, 6.45) is 2.13. The van der Waals surface area contributed by atoms with Crippen molar-refractivity contribution in [1.82, 2.24) is 0 Å². The van der Waals surface area contributed by atoms with Crippen LogP contribution in [0.5, 0.6) is 0 Å². The molecule has 2 nitrogen and oxygen atoms in total. The van der Waals surface area contributed by atoms with Crippen LogP contribution >= 0.6 is 0 Å². The normalized spacial score (nSPS) is 17.3. The summed E-state index contributed by atoms with van der Waals surface area (Å²) >= 11 is 0. The third-order valence-electron chi connectivity index (χ3n) is 3.32. The van der Waals surface area contributed by atoms with Gasteiger partial charge in [-0.3, -0.25) is 0 Å². The number of hydrogen-bond acceptors (Lipinski definition) is 2. The molecule has 0 radical (unpaired) electrons. The highest BCUT2D eigenvalue weighted by Crippen LogP contribution is 2.38.